The number of amides is 2. The topological polar surface area (TPSA) is 78.4 Å². The summed E-state index contributed by atoms with van der Waals surface area (Å²) in [7, 11) is 0. The Morgan fingerprint density at radius 1 is 1.15 bits per heavy atom. The molecule has 1 aromatic rings. The summed E-state index contributed by atoms with van der Waals surface area (Å²) in [6.07, 6.45) is 3.76. The molecule has 3 N–H and O–H groups in total. The zero-order valence-electron chi connectivity index (χ0n) is 16.0. The zero-order chi connectivity index (χ0) is 20.4. The highest BCUT2D eigenvalue weighted by Gasteiger charge is 2.24. The van der Waals surface area contributed by atoms with Crippen molar-refractivity contribution in [2.75, 3.05) is 0 Å². The molecule has 0 aliphatic carbocycles. The zero-order valence-corrected chi connectivity index (χ0v) is 16.0. The van der Waals surface area contributed by atoms with Crippen LogP contribution in [0.3, 0.4) is 0 Å². The average molecular weight is 382 g/mol. The van der Waals surface area contributed by atoms with E-state index < -0.39 is 23.8 Å². The van der Waals surface area contributed by atoms with Gasteiger partial charge >= 0.3 is 0 Å². The van der Waals surface area contributed by atoms with E-state index >= 15 is 0 Å². The number of hydrogen-bond acceptors (Lipinski definition) is 3. The van der Waals surface area contributed by atoms with E-state index in [0.717, 1.165) is 12.5 Å². The van der Waals surface area contributed by atoms with Crippen molar-refractivity contribution >= 4 is 11.8 Å². The Balaban J connectivity index is 2.83. The molecule has 0 radical (unpaired) electrons. The monoisotopic (exact) mass is 382 g/mol. The van der Waals surface area contributed by atoms with Crippen molar-refractivity contribution in [2.45, 2.75) is 64.6 Å². The van der Waals surface area contributed by atoms with E-state index in [2.05, 4.69) is 10.6 Å². The Hall–Kier alpha value is -2.28. The molecule has 150 valence electrons. The fourth-order valence-electron chi connectivity index (χ4n) is 2.78. The summed E-state index contributed by atoms with van der Waals surface area (Å²) in [5.41, 5.74) is 0.327. The number of hydrogen-bond donors (Lipinski definition) is 3. The van der Waals surface area contributed by atoms with Gasteiger partial charge in [-0.2, -0.15) is 0 Å². The summed E-state index contributed by atoms with van der Waals surface area (Å²) in [6.45, 7) is 5.09. The first-order valence-corrected chi connectivity index (χ1v) is 9.12. The van der Waals surface area contributed by atoms with Crippen molar-refractivity contribution < 1.29 is 23.5 Å². The van der Waals surface area contributed by atoms with Gasteiger partial charge in [-0.05, 0) is 49.5 Å². The Bertz CT molecular complexity index is 644. The van der Waals surface area contributed by atoms with Crippen LogP contribution in [0.5, 0.6) is 0 Å². The first kappa shape index (κ1) is 22.8. The minimum Gasteiger partial charge on any atom is -0.391 e. The molecule has 2 amide bonds. The molecule has 3 atom stereocenters. The minimum absolute atomic E-state index is 0.0650. The van der Waals surface area contributed by atoms with E-state index in [1.165, 1.54) is 25.1 Å². The number of carbonyl (C=O) groups excluding carboxylic acids is 2. The second-order valence-corrected chi connectivity index (χ2v) is 6.52. The van der Waals surface area contributed by atoms with Gasteiger partial charge in [0.1, 0.15) is 11.6 Å². The first-order valence-electron chi connectivity index (χ1n) is 9.12. The summed E-state index contributed by atoms with van der Waals surface area (Å²) in [4.78, 5) is 23.3. The lowest BCUT2D eigenvalue weighted by Crippen LogP contribution is -2.47. The van der Waals surface area contributed by atoms with Crippen LogP contribution >= 0.6 is 0 Å². The van der Waals surface area contributed by atoms with Gasteiger partial charge in [0.25, 0.3) is 0 Å². The van der Waals surface area contributed by atoms with Crippen molar-refractivity contribution in [2.24, 2.45) is 0 Å². The summed E-state index contributed by atoms with van der Waals surface area (Å²) >= 11 is 0. The molecule has 0 bridgehead atoms. The van der Waals surface area contributed by atoms with Gasteiger partial charge in [0.15, 0.2) is 0 Å². The van der Waals surface area contributed by atoms with E-state index in [0.29, 0.717) is 12.0 Å². The van der Waals surface area contributed by atoms with Gasteiger partial charge in [-0.25, -0.2) is 8.78 Å². The largest absolute Gasteiger partial charge is 0.391 e. The van der Waals surface area contributed by atoms with Crippen molar-refractivity contribution in [3.63, 3.8) is 0 Å². The van der Waals surface area contributed by atoms with Crippen LogP contribution in [0.15, 0.2) is 30.4 Å². The summed E-state index contributed by atoms with van der Waals surface area (Å²) in [6, 6.07) is 2.06. The molecular formula is C20H28F2N2O3. The maximum atomic E-state index is 13.4. The third-order valence-corrected chi connectivity index (χ3v) is 4.10. The number of nitrogens with one attached hydrogen (secondary N) is 2. The maximum absolute atomic E-state index is 13.4. The SMILES string of the molecule is CC/C=C/C(=O)NC(CC)C[C@H](O)[C@H](Cc1cc(F)cc(F)c1)NC(C)=O. The molecule has 7 heteroatoms. The molecule has 0 aliphatic heterocycles. The molecule has 0 heterocycles. The second-order valence-electron chi connectivity index (χ2n) is 6.52. The third kappa shape index (κ3) is 8.77. The molecule has 1 unspecified atom stereocenters. The first-order chi connectivity index (χ1) is 12.7. The highest BCUT2D eigenvalue weighted by atomic mass is 19.1. The van der Waals surface area contributed by atoms with Crippen LogP contribution in [0.4, 0.5) is 8.78 Å². The second kappa shape index (κ2) is 11.4. The molecule has 5 nitrogen and oxygen atoms in total. The number of allylic oxidation sites excluding steroid dienone is 1. The van der Waals surface area contributed by atoms with Gasteiger partial charge in [-0.15, -0.1) is 0 Å². The fourth-order valence-corrected chi connectivity index (χ4v) is 2.78. The van der Waals surface area contributed by atoms with Crippen molar-refractivity contribution in [1.82, 2.24) is 10.6 Å². The van der Waals surface area contributed by atoms with Gasteiger partial charge in [0.05, 0.1) is 12.1 Å². The van der Waals surface area contributed by atoms with Crippen molar-refractivity contribution in [3.05, 3.63) is 47.5 Å². The van der Waals surface area contributed by atoms with Crippen LogP contribution in [0.2, 0.25) is 0 Å². The molecule has 0 saturated heterocycles. The van der Waals surface area contributed by atoms with Crippen LogP contribution in [-0.2, 0) is 16.0 Å². The fraction of sp³-hybridized carbons (Fsp3) is 0.500. The van der Waals surface area contributed by atoms with E-state index in [9.17, 15) is 23.5 Å². The summed E-state index contributed by atoms with van der Waals surface area (Å²) in [5.74, 6) is -2.05. The summed E-state index contributed by atoms with van der Waals surface area (Å²) in [5, 5.41) is 16.0. The van der Waals surface area contributed by atoms with Crippen LogP contribution in [-0.4, -0.2) is 35.1 Å². The highest BCUT2D eigenvalue weighted by Crippen LogP contribution is 2.15. The number of benzene rings is 1. The minimum atomic E-state index is -0.999. The predicted molar refractivity (Wildman–Crippen MR) is 99.9 cm³/mol. The Morgan fingerprint density at radius 3 is 2.30 bits per heavy atom. The summed E-state index contributed by atoms with van der Waals surface area (Å²) < 4.78 is 26.8. The average Bonchev–Trinajstić information content (AvgIpc) is 2.57. The standard InChI is InChI=1S/C20H28F2N2O3/c1-4-6-7-20(27)24-17(5-2)12-19(26)18(23-13(3)25)10-14-8-15(21)11-16(22)9-14/h6-9,11,17-19,26H,4-5,10,12H2,1-3H3,(H,23,25)(H,24,27)/b7-6+/t17?,18-,19-/m0/s1. The smallest absolute Gasteiger partial charge is 0.243 e. The van der Waals surface area contributed by atoms with E-state index in [4.69, 9.17) is 0 Å². The molecule has 1 rings (SSSR count). The molecule has 0 aliphatic rings. The van der Waals surface area contributed by atoms with Crippen LogP contribution in [0, 0.1) is 11.6 Å². The van der Waals surface area contributed by atoms with Gasteiger partial charge in [0.2, 0.25) is 11.8 Å². The highest BCUT2D eigenvalue weighted by molar-refractivity contribution is 5.87. The lowest BCUT2D eigenvalue weighted by atomic mass is 9.95. The lowest BCUT2D eigenvalue weighted by Gasteiger charge is -2.27. The van der Waals surface area contributed by atoms with Gasteiger partial charge in [0, 0.05) is 19.0 Å². The molecule has 0 spiro atoms. The van der Waals surface area contributed by atoms with Gasteiger partial charge < -0.3 is 15.7 Å². The molecule has 27 heavy (non-hydrogen) atoms. The molecular weight excluding hydrogens is 354 g/mol. The van der Waals surface area contributed by atoms with Gasteiger partial charge in [-0.1, -0.05) is 19.9 Å². The van der Waals surface area contributed by atoms with Crippen molar-refractivity contribution in [1.29, 1.82) is 0 Å². The van der Waals surface area contributed by atoms with Crippen LogP contribution < -0.4 is 10.6 Å². The predicted octanol–water partition coefficient (Wildman–Crippen LogP) is 2.62. The van der Waals surface area contributed by atoms with Gasteiger partial charge in [-0.3, -0.25) is 9.59 Å². The van der Waals surface area contributed by atoms with E-state index in [-0.39, 0.29) is 30.7 Å². The molecule has 0 aromatic heterocycles. The Labute approximate surface area is 158 Å². The van der Waals surface area contributed by atoms with Crippen LogP contribution in [0.1, 0.15) is 45.6 Å². The molecule has 0 saturated carbocycles. The number of halogens is 2. The van der Waals surface area contributed by atoms with Crippen LogP contribution in [0.25, 0.3) is 0 Å². The number of aliphatic hydroxyl groups excluding tert-OH is 1. The normalized spacial score (nSPS) is 14.6. The quantitative estimate of drug-likeness (QED) is 0.545. The number of carbonyl (C=O) groups is 2. The Kier molecular flexibility index (Phi) is 9.64. The maximum Gasteiger partial charge on any atom is 0.243 e. The molecule has 0 fully saturated rings. The van der Waals surface area contributed by atoms with Crippen molar-refractivity contribution in [3.8, 4) is 0 Å². The number of rotatable bonds is 10. The van der Waals surface area contributed by atoms with E-state index in [1.54, 1.807) is 6.08 Å². The third-order valence-electron chi connectivity index (χ3n) is 4.10. The molecule has 1 aromatic carbocycles. The van der Waals surface area contributed by atoms with E-state index in [1.807, 2.05) is 13.8 Å². The Morgan fingerprint density at radius 2 is 1.78 bits per heavy atom. The number of aliphatic hydroxyl groups is 1. The lowest BCUT2D eigenvalue weighted by molar-refractivity contribution is -0.121.